The number of aromatic amines is 1. The van der Waals surface area contributed by atoms with E-state index in [0.717, 1.165) is 22.7 Å². The van der Waals surface area contributed by atoms with E-state index in [9.17, 15) is 0 Å². The molecule has 0 unspecified atom stereocenters. The minimum Gasteiger partial charge on any atom is -0.496 e. The molecule has 102 valence electrons. The van der Waals surface area contributed by atoms with Crippen molar-refractivity contribution in [2.75, 3.05) is 13.7 Å². The Morgan fingerprint density at radius 1 is 1.10 bits per heavy atom. The zero-order valence-corrected chi connectivity index (χ0v) is 11.4. The molecule has 0 saturated heterocycles. The molecule has 0 atom stereocenters. The summed E-state index contributed by atoms with van der Waals surface area (Å²) in [6.45, 7) is 2.51. The summed E-state index contributed by atoms with van der Waals surface area (Å²) in [6, 6.07) is 11.5. The maximum atomic E-state index is 5.38. The number of hydrogen-bond donors (Lipinski definition) is 1. The molecule has 0 radical (unpaired) electrons. The summed E-state index contributed by atoms with van der Waals surface area (Å²) in [5, 5.41) is 0. The molecule has 5 heteroatoms. The number of ether oxygens (including phenoxy) is 2. The van der Waals surface area contributed by atoms with Gasteiger partial charge in [0.05, 0.1) is 24.8 Å². The highest BCUT2D eigenvalue weighted by Gasteiger charge is 2.11. The van der Waals surface area contributed by atoms with Crippen molar-refractivity contribution in [1.29, 1.82) is 0 Å². The maximum Gasteiger partial charge on any atom is 0.215 e. The van der Waals surface area contributed by atoms with Gasteiger partial charge in [-0.05, 0) is 25.1 Å². The van der Waals surface area contributed by atoms with Gasteiger partial charge in [0.1, 0.15) is 11.6 Å². The van der Waals surface area contributed by atoms with Gasteiger partial charge in [-0.25, -0.2) is 4.98 Å². The molecule has 2 aromatic heterocycles. The highest BCUT2D eigenvalue weighted by Crippen LogP contribution is 2.28. The third kappa shape index (κ3) is 2.18. The van der Waals surface area contributed by atoms with Crippen molar-refractivity contribution in [1.82, 2.24) is 15.0 Å². The van der Waals surface area contributed by atoms with Gasteiger partial charge in [0.2, 0.25) is 5.88 Å². The quantitative estimate of drug-likeness (QED) is 0.790. The van der Waals surface area contributed by atoms with Crippen molar-refractivity contribution in [3.05, 3.63) is 36.4 Å². The van der Waals surface area contributed by atoms with Crippen LogP contribution in [0.1, 0.15) is 6.92 Å². The van der Waals surface area contributed by atoms with Gasteiger partial charge in [0.15, 0.2) is 5.65 Å². The maximum absolute atomic E-state index is 5.38. The topological polar surface area (TPSA) is 60.0 Å². The Labute approximate surface area is 116 Å². The molecule has 1 N–H and O–H groups in total. The van der Waals surface area contributed by atoms with E-state index in [2.05, 4.69) is 15.0 Å². The lowest BCUT2D eigenvalue weighted by Crippen LogP contribution is -1.93. The van der Waals surface area contributed by atoms with E-state index in [-0.39, 0.29) is 0 Å². The van der Waals surface area contributed by atoms with Gasteiger partial charge in [-0.3, -0.25) is 0 Å². The largest absolute Gasteiger partial charge is 0.496 e. The highest BCUT2D eigenvalue weighted by atomic mass is 16.5. The van der Waals surface area contributed by atoms with Gasteiger partial charge in [0, 0.05) is 6.07 Å². The molecule has 0 aliphatic carbocycles. The van der Waals surface area contributed by atoms with Crippen LogP contribution in [-0.4, -0.2) is 28.7 Å². The Morgan fingerprint density at radius 2 is 1.95 bits per heavy atom. The van der Waals surface area contributed by atoms with Crippen molar-refractivity contribution in [2.45, 2.75) is 6.92 Å². The van der Waals surface area contributed by atoms with Gasteiger partial charge in [-0.15, -0.1) is 0 Å². The van der Waals surface area contributed by atoms with Crippen LogP contribution in [0.4, 0.5) is 0 Å². The number of imidazole rings is 1. The molecule has 20 heavy (non-hydrogen) atoms. The van der Waals surface area contributed by atoms with Crippen molar-refractivity contribution in [3.63, 3.8) is 0 Å². The van der Waals surface area contributed by atoms with Crippen LogP contribution in [0, 0.1) is 0 Å². The average Bonchev–Trinajstić information content (AvgIpc) is 2.90. The summed E-state index contributed by atoms with van der Waals surface area (Å²) in [7, 11) is 1.65. The van der Waals surface area contributed by atoms with E-state index in [1.807, 2.05) is 43.3 Å². The van der Waals surface area contributed by atoms with Crippen LogP contribution >= 0.6 is 0 Å². The number of nitrogens with one attached hydrogen (secondary N) is 1. The summed E-state index contributed by atoms with van der Waals surface area (Å²) in [5.74, 6) is 2.09. The first-order valence-corrected chi connectivity index (χ1v) is 6.44. The number of H-pyrrole nitrogens is 1. The number of nitrogens with zero attached hydrogens (tertiary/aromatic N) is 2. The Balaban J connectivity index is 2.08. The summed E-state index contributed by atoms with van der Waals surface area (Å²) in [6.07, 6.45) is 0. The highest BCUT2D eigenvalue weighted by molar-refractivity contribution is 5.78. The average molecular weight is 269 g/mol. The van der Waals surface area contributed by atoms with Crippen LogP contribution in [0.3, 0.4) is 0 Å². The van der Waals surface area contributed by atoms with Gasteiger partial charge >= 0.3 is 0 Å². The summed E-state index contributed by atoms with van der Waals surface area (Å²) < 4.78 is 10.7. The smallest absolute Gasteiger partial charge is 0.215 e. The fourth-order valence-corrected chi connectivity index (χ4v) is 2.07. The predicted molar refractivity (Wildman–Crippen MR) is 77.0 cm³/mol. The van der Waals surface area contributed by atoms with Crippen LogP contribution in [0.2, 0.25) is 0 Å². The summed E-state index contributed by atoms with van der Waals surface area (Å²) in [4.78, 5) is 12.1. The number of para-hydroxylation sites is 1. The Hall–Kier alpha value is -2.56. The minimum absolute atomic E-state index is 0.582. The number of benzene rings is 1. The molecule has 5 nitrogen and oxygen atoms in total. The van der Waals surface area contributed by atoms with Crippen LogP contribution in [0.25, 0.3) is 22.6 Å². The number of rotatable bonds is 4. The minimum atomic E-state index is 0.582. The first kappa shape index (κ1) is 12.5. The van der Waals surface area contributed by atoms with Crippen LogP contribution < -0.4 is 9.47 Å². The number of fused-ring (bicyclic) bond motifs is 1. The Kier molecular flexibility index (Phi) is 3.25. The monoisotopic (exact) mass is 269 g/mol. The zero-order chi connectivity index (χ0) is 13.9. The van der Waals surface area contributed by atoms with Crippen molar-refractivity contribution < 1.29 is 9.47 Å². The standard InChI is InChI=1S/C15H15N3O2/c1-3-20-13-9-8-11-15(17-13)18-14(16-11)10-6-4-5-7-12(10)19-2/h4-9H,3H2,1-2H3,(H,16,17,18). The molecule has 0 spiro atoms. The van der Waals surface area contributed by atoms with Gasteiger partial charge < -0.3 is 14.5 Å². The predicted octanol–water partition coefficient (Wildman–Crippen LogP) is 3.03. The number of methoxy groups -OCH3 is 1. The van der Waals surface area contributed by atoms with E-state index in [1.54, 1.807) is 7.11 Å². The number of pyridine rings is 1. The molecular weight excluding hydrogens is 254 g/mol. The van der Waals surface area contributed by atoms with Gasteiger partial charge in [0.25, 0.3) is 0 Å². The SMILES string of the molecule is CCOc1ccc2[nH]c(-c3ccccc3OC)nc2n1. The van der Waals surface area contributed by atoms with E-state index in [4.69, 9.17) is 9.47 Å². The summed E-state index contributed by atoms with van der Waals surface area (Å²) in [5.41, 5.74) is 2.41. The zero-order valence-electron chi connectivity index (χ0n) is 11.4. The second-order valence-electron chi connectivity index (χ2n) is 4.24. The van der Waals surface area contributed by atoms with Crippen LogP contribution in [0.5, 0.6) is 11.6 Å². The Bertz CT molecular complexity index is 737. The molecule has 2 heterocycles. The third-order valence-corrected chi connectivity index (χ3v) is 2.97. The lowest BCUT2D eigenvalue weighted by atomic mass is 10.2. The first-order valence-electron chi connectivity index (χ1n) is 6.44. The van der Waals surface area contributed by atoms with E-state index >= 15 is 0 Å². The van der Waals surface area contributed by atoms with E-state index in [1.165, 1.54) is 0 Å². The fraction of sp³-hybridized carbons (Fsp3) is 0.200. The molecule has 0 bridgehead atoms. The Morgan fingerprint density at radius 3 is 2.75 bits per heavy atom. The second-order valence-corrected chi connectivity index (χ2v) is 4.24. The molecule has 0 amide bonds. The molecular formula is C15H15N3O2. The normalized spacial score (nSPS) is 10.7. The van der Waals surface area contributed by atoms with E-state index < -0.39 is 0 Å². The molecule has 1 aromatic carbocycles. The van der Waals surface area contributed by atoms with Gasteiger partial charge in [-0.1, -0.05) is 12.1 Å². The number of hydrogen-bond acceptors (Lipinski definition) is 4. The molecule has 3 rings (SSSR count). The third-order valence-electron chi connectivity index (χ3n) is 2.97. The van der Waals surface area contributed by atoms with Crippen molar-refractivity contribution >= 4 is 11.2 Å². The molecule has 0 saturated carbocycles. The van der Waals surface area contributed by atoms with Gasteiger partial charge in [-0.2, -0.15) is 4.98 Å². The second kappa shape index (κ2) is 5.21. The fourth-order valence-electron chi connectivity index (χ4n) is 2.07. The summed E-state index contributed by atoms with van der Waals surface area (Å²) >= 11 is 0. The molecule has 0 fully saturated rings. The lowest BCUT2D eigenvalue weighted by molar-refractivity contribution is 0.328. The lowest BCUT2D eigenvalue weighted by Gasteiger charge is -2.04. The molecule has 3 aromatic rings. The van der Waals surface area contributed by atoms with Crippen molar-refractivity contribution in [3.8, 4) is 23.0 Å². The molecule has 0 aliphatic rings. The van der Waals surface area contributed by atoms with Crippen LogP contribution in [0.15, 0.2) is 36.4 Å². The van der Waals surface area contributed by atoms with E-state index in [0.29, 0.717) is 18.1 Å². The van der Waals surface area contributed by atoms with Crippen LogP contribution in [-0.2, 0) is 0 Å². The number of aromatic nitrogens is 3. The molecule has 0 aliphatic heterocycles. The first-order chi connectivity index (χ1) is 9.81. The van der Waals surface area contributed by atoms with Crippen molar-refractivity contribution in [2.24, 2.45) is 0 Å².